The average Bonchev–Trinajstić information content (AvgIpc) is 3.07. The number of nitrogens with zero attached hydrogens (tertiary/aromatic N) is 6. The molecule has 4 heterocycles. The molecule has 2 aliphatic rings. The number of aromatic nitrogens is 4. The number of aromatic hydroxyl groups is 1. The molecule has 1 spiro atoms. The molecular weight excluding hydrogens is 604 g/mol. The van der Waals surface area contributed by atoms with Crippen molar-refractivity contribution in [1.82, 2.24) is 29.7 Å². The Morgan fingerprint density at radius 1 is 1.06 bits per heavy atom. The maximum Gasteiger partial charge on any atom is 0.345 e. The van der Waals surface area contributed by atoms with Crippen molar-refractivity contribution in [2.75, 3.05) is 43.8 Å². The fraction of sp³-hybridized carbons (Fsp3) is 0.485. The fourth-order valence-corrected chi connectivity index (χ4v) is 6.18. The van der Waals surface area contributed by atoms with Gasteiger partial charge in [-0.3, -0.25) is 4.79 Å². The van der Waals surface area contributed by atoms with Crippen molar-refractivity contribution in [1.29, 1.82) is 0 Å². The van der Waals surface area contributed by atoms with Crippen LogP contribution in [0.2, 0.25) is 0 Å². The highest BCUT2D eigenvalue weighted by atomic mass is 16.6. The Balaban J connectivity index is 1.06. The number of hydrogen-bond acceptors (Lipinski definition) is 12. The van der Waals surface area contributed by atoms with Gasteiger partial charge in [-0.25, -0.2) is 19.6 Å². The maximum absolute atomic E-state index is 13.0. The van der Waals surface area contributed by atoms with E-state index in [4.69, 9.17) is 16.9 Å². The van der Waals surface area contributed by atoms with Gasteiger partial charge in [-0.1, -0.05) is 0 Å². The summed E-state index contributed by atoms with van der Waals surface area (Å²) in [4.78, 5) is 58.0. The van der Waals surface area contributed by atoms with Crippen molar-refractivity contribution in [2.45, 2.75) is 64.0 Å². The number of nitrogens with one attached hydrogen (secondary N) is 1. The molecule has 248 valence electrons. The van der Waals surface area contributed by atoms with Crippen molar-refractivity contribution in [3.63, 3.8) is 0 Å². The van der Waals surface area contributed by atoms with Gasteiger partial charge < -0.3 is 35.8 Å². The highest BCUT2D eigenvalue weighted by molar-refractivity contribution is 5.91. The lowest BCUT2D eigenvalue weighted by Gasteiger charge is -2.47. The van der Waals surface area contributed by atoms with Crippen molar-refractivity contribution in [2.24, 2.45) is 5.41 Å². The predicted octanol–water partition coefficient (Wildman–Crippen LogP) is 2.83. The molecule has 2 fully saturated rings. The van der Waals surface area contributed by atoms with E-state index >= 15 is 0 Å². The van der Waals surface area contributed by atoms with Crippen LogP contribution in [0, 0.1) is 17.8 Å². The molecule has 5 rings (SSSR count). The average molecular weight is 645 g/mol. The van der Waals surface area contributed by atoms with Crippen molar-refractivity contribution in [3.05, 3.63) is 41.7 Å². The first-order chi connectivity index (χ1) is 22.6. The topological polar surface area (TPSA) is 197 Å². The first kappa shape index (κ1) is 33.3. The number of carboxylic acids is 1. The third kappa shape index (κ3) is 8.62. The van der Waals surface area contributed by atoms with Crippen LogP contribution in [0.4, 0.5) is 11.6 Å². The van der Waals surface area contributed by atoms with E-state index in [1.54, 1.807) is 12.1 Å². The highest BCUT2D eigenvalue weighted by Crippen LogP contribution is 2.41. The lowest BCUT2D eigenvalue weighted by molar-refractivity contribution is -0.148. The highest BCUT2D eigenvalue weighted by Gasteiger charge is 2.38. The fourth-order valence-electron chi connectivity index (χ4n) is 6.18. The second kappa shape index (κ2) is 15.0. The second-order valence-electron chi connectivity index (χ2n) is 12.2. The SMILES string of the molecule is C#CCCCN1CCC2(CC1)CCN(C(=O)CC[C@H](OC(=O)c1ccc(NCc3cnc4nc(N)nc(O)c4n3)cc1)C(=O)O)CC2. The molecule has 3 aromatic rings. The van der Waals surface area contributed by atoms with Crippen LogP contribution < -0.4 is 11.1 Å². The van der Waals surface area contributed by atoms with Gasteiger partial charge in [-0.15, -0.1) is 12.3 Å². The number of nitrogen functional groups attached to an aromatic ring is 1. The monoisotopic (exact) mass is 644 g/mol. The van der Waals surface area contributed by atoms with E-state index in [2.05, 4.69) is 36.1 Å². The van der Waals surface area contributed by atoms with Gasteiger partial charge in [-0.2, -0.15) is 9.97 Å². The number of terminal acetylenes is 1. The third-order valence-electron chi connectivity index (χ3n) is 9.08. The van der Waals surface area contributed by atoms with E-state index in [9.17, 15) is 24.6 Å². The molecule has 14 nitrogen and oxygen atoms in total. The van der Waals surface area contributed by atoms with Gasteiger partial charge in [0.05, 0.1) is 24.0 Å². The van der Waals surface area contributed by atoms with E-state index < -0.39 is 18.0 Å². The lowest BCUT2D eigenvalue weighted by Crippen LogP contribution is -2.48. The number of rotatable bonds is 12. The molecule has 1 amide bonds. The van der Waals surface area contributed by atoms with Gasteiger partial charge in [0.15, 0.2) is 17.3 Å². The number of benzene rings is 1. The summed E-state index contributed by atoms with van der Waals surface area (Å²) in [5, 5.41) is 22.8. The summed E-state index contributed by atoms with van der Waals surface area (Å²) in [6.07, 6.45) is 11.3. The van der Waals surface area contributed by atoms with Crippen LogP contribution in [0.15, 0.2) is 30.5 Å². The zero-order valence-corrected chi connectivity index (χ0v) is 26.2. The number of hydrogen-bond donors (Lipinski definition) is 4. The number of fused-ring (bicyclic) bond motifs is 1. The Morgan fingerprint density at radius 2 is 1.77 bits per heavy atom. The molecule has 0 bridgehead atoms. The number of piperidine rings is 2. The van der Waals surface area contributed by atoms with Crippen LogP contribution in [0.3, 0.4) is 0 Å². The molecule has 0 unspecified atom stereocenters. The third-order valence-corrected chi connectivity index (χ3v) is 9.08. The van der Waals surface area contributed by atoms with E-state index in [1.165, 1.54) is 18.3 Å². The summed E-state index contributed by atoms with van der Waals surface area (Å²) in [6.45, 7) is 4.72. The number of carboxylic acid groups (broad SMARTS) is 1. The molecule has 2 saturated heterocycles. The van der Waals surface area contributed by atoms with Crippen molar-refractivity contribution in [3.8, 4) is 18.2 Å². The molecule has 2 aromatic heterocycles. The van der Waals surface area contributed by atoms with Crippen LogP contribution in [-0.4, -0.2) is 96.6 Å². The van der Waals surface area contributed by atoms with Gasteiger partial charge >= 0.3 is 11.9 Å². The maximum atomic E-state index is 13.0. The van der Waals surface area contributed by atoms with E-state index in [1.807, 2.05) is 4.90 Å². The number of nitrogens with two attached hydrogens (primary N) is 1. The smallest absolute Gasteiger partial charge is 0.345 e. The Morgan fingerprint density at radius 3 is 2.45 bits per heavy atom. The van der Waals surface area contributed by atoms with E-state index in [-0.39, 0.29) is 59.3 Å². The minimum absolute atomic E-state index is 0.0159. The first-order valence-electron chi connectivity index (χ1n) is 15.8. The largest absolute Gasteiger partial charge is 0.492 e. The number of likely N-dealkylation sites (tertiary alicyclic amines) is 2. The lowest BCUT2D eigenvalue weighted by atomic mass is 9.71. The zero-order chi connectivity index (χ0) is 33.4. The number of ether oxygens (including phenoxy) is 1. The van der Waals surface area contributed by atoms with Crippen molar-refractivity contribution < 1.29 is 29.3 Å². The Labute approximate surface area is 272 Å². The molecule has 0 saturated carbocycles. The normalized spacial score (nSPS) is 16.8. The molecule has 1 aromatic carbocycles. The molecule has 14 heteroatoms. The zero-order valence-electron chi connectivity index (χ0n) is 26.2. The number of carbonyl (C=O) groups excluding carboxylic acids is 2. The summed E-state index contributed by atoms with van der Waals surface area (Å²) in [6, 6.07) is 6.29. The van der Waals surface area contributed by atoms with Crippen molar-refractivity contribution >= 4 is 40.6 Å². The molecule has 0 aliphatic carbocycles. The van der Waals surface area contributed by atoms with Crippen LogP contribution >= 0.6 is 0 Å². The Hall–Kier alpha value is -5.03. The molecule has 0 radical (unpaired) electrons. The van der Waals surface area contributed by atoms with Crippen LogP contribution in [-0.2, 0) is 20.9 Å². The van der Waals surface area contributed by atoms with Crippen LogP contribution in [0.1, 0.15) is 67.4 Å². The summed E-state index contributed by atoms with van der Waals surface area (Å²) < 4.78 is 5.29. The summed E-state index contributed by atoms with van der Waals surface area (Å²) in [5.41, 5.74) is 7.40. The minimum atomic E-state index is -1.44. The molecule has 47 heavy (non-hydrogen) atoms. The Kier molecular flexibility index (Phi) is 10.7. The molecular formula is C33H40N8O6. The van der Waals surface area contributed by atoms with Gasteiger partial charge in [0.1, 0.15) is 0 Å². The first-order valence-corrected chi connectivity index (χ1v) is 15.8. The number of amides is 1. The van der Waals surface area contributed by atoms with Gasteiger partial charge in [-0.05, 0) is 81.4 Å². The van der Waals surface area contributed by atoms with Crippen LogP contribution in [0.25, 0.3) is 11.2 Å². The standard InChI is InChI=1S/C33H40N8O6/c1-2-3-4-15-40-16-11-33(12-17-40)13-18-41(19-14-33)26(42)10-9-25(30(44)45)47-31(46)22-5-7-23(8-6-22)35-20-24-21-36-28-27(37-24)29(43)39-32(34)38-28/h1,5-8,21,25,35H,3-4,9-20H2,(H,44,45)(H3,34,36,38,39,43)/t25-/m0/s1. The quantitative estimate of drug-likeness (QED) is 0.128. The molecule has 5 N–H and O–H groups in total. The Bertz CT molecular complexity index is 1620. The molecule has 1 atom stereocenters. The summed E-state index contributed by atoms with van der Waals surface area (Å²) in [5.74, 6) is 0.0106. The van der Waals surface area contributed by atoms with E-state index in [0.717, 1.165) is 58.2 Å². The summed E-state index contributed by atoms with van der Waals surface area (Å²) >= 11 is 0. The second-order valence-corrected chi connectivity index (χ2v) is 12.2. The van der Waals surface area contributed by atoms with Gasteiger partial charge in [0.2, 0.25) is 17.7 Å². The number of aliphatic carboxylic acids is 1. The van der Waals surface area contributed by atoms with E-state index in [0.29, 0.717) is 24.5 Å². The minimum Gasteiger partial charge on any atom is -0.492 e. The summed E-state index contributed by atoms with van der Waals surface area (Å²) in [7, 11) is 0. The van der Waals surface area contributed by atoms with Gasteiger partial charge in [0, 0.05) is 38.0 Å². The number of esters is 1. The van der Waals surface area contributed by atoms with Crippen LogP contribution in [0.5, 0.6) is 5.88 Å². The van der Waals surface area contributed by atoms with Gasteiger partial charge in [0.25, 0.3) is 0 Å². The number of carbonyl (C=O) groups is 3. The number of anilines is 2. The number of unbranched alkanes of at least 4 members (excludes halogenated alkanes) is 1. The molecule has 2 aliphatic heterocycles. The predicted molar refractivity (Wildman–Crippen MR) is 173 cm³/mol.